The lowest BCUT2D eigenvalue weighted by Crippen LogP contribution is -2.63. The van der Waals surface area contributed by atoms with Crippen molar-refractivity contribution in [2.75, 3.05) is 38.5 Å². The topological polar surface area (TPSA) is 684 Å². The molecular formula is C73H126N20O23S. The Balaban J connectivity index is 2.30. The third kappa shape index (κ3) is 35.0. The van der Waals surface area contributed by atoms with E-state index in [9.17, 15) is 112 Å². The summed E-state index contributed by atoms with van der Waals surface area (Å²) in [6.45, 7) is 17.6. The number of nitrogens with one attached hydrogen (secondary N) is 14. The van der Waals surface area contributed by atoms with Gasteiger partial charge in [-0.05, 0) is 149 Å². The van der Waals surface area contributed by atoms with Crippen LogP contribution in [0.2, 0.25) is 0 Å². The number of hydrogen-bond acceptors (Lipinski definition) is 25. The number of carboxylic acids is 2. The van der Waals surface area contributed by atoms with Crippen molar-refractivity contribution in [3.63, 3.8) is 0 Å². The van der Waals surface area contributed by atoms with Crippen LogP contribution in [0.25, 0.3) is 0 Å². The van der Waals surface area contributed by atoms with Gasteiger partial charge in [-0.15, -0.1) is 0 Å². The number of thiol groups is 1. The van der Waals surface area contributed by atoms with Gasteiger partial charge in [-0.3, -0.25) is 86.3 Å². The smallest absolute Gasteiger partial charge is 0.328 e. The number of aliphatic hydroxyl groups excluding tert-OH is 2. The SMILES string of the molecule is CCC(C)C(NC(=O)C(NC(=O)C(CCCCN)NC(=O)C(CS)NC(=O)C(CC(=O)O)NC(=O)C1CCCN1C(=O)C(CC(N)=O)NC(=O)C(C)N)C(C)O)C(=O)NC(CC(C)C)C(=O)NC(CCCCN)C(=O)NC(C)C(=O)NC(CC(C)C)C(=O)NCC(=O)N1CCCC1C(=O)NC(C)C(=O)NC(C)C(=O)NC(C(=O)O)C(C)O. The van der Waals surface area contributed by atoms with Gasteiger partial charge < -0.3 is 128 Å². The predicted octanol–water partition coefficient (Wildman–Crippen LogP) is -7.68. The van der Waals surface area contributed by atoms with Crippen molar-refractivity contribution in [1.82, 2.24) is 84.2 Å². The van der Waals surface area contributed by atoms with Gasteiger partial charge in [0.05, 0.1) is 37.6 Å². The van der Waals surface area contributed by atoms with E-state index in [0.29, 0.717) is 19.3 Å². The first-order valence-electron chi connectivity index (χ1n) is 39.4. The molecular weight excluding hydrogens is 1560 g/mol. The van der Waals surface area contributed by atoms with E-state index in [-0.39, 0.29) is 102 Å². The van der Waals surface area contributed by atoms with E-state index in [1.165, 1.54) is 32.6 Å². The molecule has 117 heavy (non-hydrogen) atoms. The molecule has 2 rings (SSSR count). The molecule has 662 valence electrons. The van der Waals surface area contributed by atoms with Crippen molar-refractivity contribution < 1.29 is 112 Å². The van der Waals surface area contributed by atoms with Gasteiger partial charge in [0, 0.05) is 18.8 Å². The highest BCUT2D eigenvalue weighted by Gasteiger charge is 2.43. The maximum Gasteiger partial charge on any atom is 0.328 e. The molecule has 2 heterocycles. The highest BCUT2D eigenvalue weighted by Crippen LogP contribution is 2.22. The van der Waals surface area contributed by atoms with Crippen molar-refractivity contribution in [2.24, 2.45) is 40.7 Å². The Bertz CT molecular complexity index is 3460. The van der Waals surface area contributed by atoms with Crippen molar-refractivity contribution in [1.29, 1.82) is 0 Å². The Hall–Kier alpha value is -9.92. The van der Waals surface area contributed by atoms with Crippen molar-refractivity contribution in [3.05, 3.63) is 0 Å². The summed E-state index contributed by atoms with van der Waals surface area (Å²) in [6, 6.07) is -23.0. The van der Waals surface area contributed by atoms with Gasteiger partial charge in [-0.25, -0.2) is 4.79 Å². The molecule has 0 spiro atoms. The van der Waals surface area contributed by atoms with E-state index < -0.39 is 252 Å². The van der Waals surface area contributed by atoms with Gasteiger partial charge in [0.2, 0.25) is 100 Å². The highest BCUT2D eigenvalue weighted by molar-refractivity contribution is 7.80. The number of amides is 17. The maximum atomic E-state index is 14.6. The lowest BCUT2D eigenvalue weighted by Gasteiger charge is -2.31. The summed E-state index contributed by atoms with van der Waals surface area (Å²) in [5.41, 5.74) is 22.5. The van der Waals surface area contributed by atoms with Crippen molar-refractivity contribution in [3.8, 4) is 0 Å². The third-order valence-electron chi connectivity index (χ3n) is 19.4. The molecule has 0 aromatic heterocycles. The first-order valence-corrected chi connectivity index (χ1v) is 40.1. The molecule has 0 saturated carbocycles. The van der Waals surface area contributed by atoms with Crippen LogP contribution in [0.1, 0.15) is 179 Å². The van der Waals surface area contributed by atoms with E-state index >= 15 is 0 Å². The summed E-state index contributed by atoms with van der Waals surface area (Å²) >= 11 is 4.20. The summed E-state index contributed by atoms with van der Waals surface area (Å²) in [4.78, 5) is 258. The fraction of sp³-hybridized carbons (Fsp3) is 0.740. The molecule has 26 N–H and O–H groups in total. The Morgan fingerprint density at radius 3 is 1.30 bits per heavy atom. The van der Waals surface area contributed by atoms with Crippen LogP contribution >= 0.6 is 12.6 Å². The molecule has 19 unspecified atom stereocenters. The molecule has 0 aliphatic carbocycles. The van der Waals surface area contributed by atoms with Crippen LogP contribution in [-0.2, 0) is 91.1 Å². The Morgan fingerprint density at radius 1 is 0.427 bits per heavy atom. The molecule has 0 aromatic carbocycles. The zero-order valence-corrected chi connectivity index (χ0v) is 69.6. The average Bonchev–Trinajstić information content (AvgIpc) is 1.71. The zero-order valence-electron chi connectivity index (χ0n) is 68.7. The Kier molecular flexibility index (Phi) is 45.2. The summed E-state index contributed by atoms with van der Waals surface area (Å²) in [7, 11) is 0. The lowest BCUT2D eigenvalue weighted by molar-refractivity contribution is -0.145. The largest absolute Gasteiger partial charge is 0.481 e. The average molecular weight is 1680 g/mol. The number of aliphatic carboxylic acids is 2. The molecule has 44 heteroatoms. The van der Waals surface area contributed by atoms with E-state index in [1.807, 2.05) is 0 Å². The number of carboxylic acid groups (broad SMARTS) is 2. The number of nitrogens with two attached hydrogens (primary N) is 4. The summed E-state index contributed by atoms with van der Waals surface area (Å²) < 4.78 is 0. The molecule has 43 nitrogen and oxygen atoms in total. The zero-order chi connectivity index (χ0) is 89.0. The van der Waals surface area contributed by atoms with Crippen LogP contribution in [-0.4, -0.2) is 290 Å². The first kappa shape index (κ1) is 103. The minimum absolute atomic E-state index is 0.00328. The minimum atomic E-state index is -1.89. The fourth-order valence-electron chi connectivity index (χ4n) is 12.5. The van der Waals surface area contributed by atoms with E-state index in [0.717, 1.165) is 18.7 Å². The molecule has 0 aromatic rings. The number of aliphatic hydroxyl groups is 2. The van der Waals surface area contributed by atoms with Gasteiger partial charge in [-0.1, -0.05) is 48.0 Å². The number of carbonyl (C=O) groups excluding carboxylic acids is 17. The second kappa shape index (κ2) is 51.3. The minimum Gasteiger partial charge on any atom is -0.481 e. The van der Waals surface area contributed by atoms with Crippen LogP contribution < -0.4 is 97.4 Å². The number of carbonyl (C=O) groups is 19. The number of hydrogen-bond donors (Lipinski definition) is 23. The van der Waals surface area contributed by atoms with E-state index in [1.54, 1.807) is 41.5 Å². The van der Waals surface area contributed by atoms with Crippen molar-refractivity contribution >= 4 is 125 Å². The number of rotatable bonds is 52. The van der Waals surface area contributed by atoms with Crippen molar-refractivity contribution in [2.45, 2.75) is 288 Å². The number of nitrogens with zero attached hydrogens (tertiary/aromatic N) is 2. The quantitative estimate of drug-likeness (QED) is 0.0199. The predicted molar refractivity (Wildman–Crippen MR) is 423 cm³/mol. The molecule has 2 saturated heterocycles. The summed E-state index contributed by atoms with van der Waals surface area (Å²) in [5, 5.41) is 74.4. The Morgan fingerprint density at radius 2 is 0.821 bits per heavy atom. The number of primary amides is 1. The number of likely N-dealkylation sites (tertiary alicyclic amines) is 2. The molecule has 17 amide bonds. The second-order valence-corrected chi connectivity index (χ2v) is 30.9. The second-order valence-electron chi connectivity index (χ2n) is 30.5. The molecule has 0 bridgehead atoms. The lowest BCUT2D eigenvalue weighted by atomic mass is 9.96. The van der Waals surface area contributed by atoms with Gasteiger partial charge >= 0.3 is 11.9 Å². The fourth-order valence-corrected chi connectivity index (χ4v) is 12.8. The summed E-state index contributed by atoms with van der Waals surface area (Å²) in [6.07, 6.45) is -2.83. The van der Waals surface area contributed by atoms with Crippen LogP contribution in [0, 0.1) is 17.8 Å². The van der Waals surface area contributed by atoms with Crippen LogP contribution in [0.15, 0.2) is 0 Å². The Labute approximate surface area is 685 Å². The van der Waals surface area contributed by atoms with E-state index in [4.69, 9.17) is 22.9 Å². The summed E-state index contributed by atoms with van der Waals surface area (Å²) in [5.74, 6) is -20.3. The van der Waals surface area contributed by atoms with Gasteiger partial charge in [-0.2, -0.15) is 12.6 Å². The maximum absolute atomic E-state index is 14.6. The van der Waals surface area contributed by atoms with Crippen LogP contribution in [0.4, 0.5) is 0 Å². The monoisotopic (exact) mass is 1680 g/mol. The van der Waals surface area contributed by atoms with Gasteiger partial charge in [0.1, 0.15) is 84.6 Å². The normalized spacial score (nSPS) is 18.3. The van der Waals surface area contributed by atoms with Crippen LogP contribution in [0.5, 0.6) is 0 Å². The highest BCUT2D eigenvalue weighted by atomic mass is 32.1. The van der Waals surface area contributed by atoms with Crippen LogP contribution in [0.3, 0.4) is 0 Å². The van der Waals surface area contributed by atoms with Gasteiger partial charge in [0.15, 0.2) is 6.04 Å². The molecule has 19 atom stereocenters. The molecule has 0 radical (unpaired) electrons. The standard InChI is InChI=1S/C73H126N20O23S/c1-13-36(6)55(89-71(113)56(41(11)94)90-64(106)44(21-15-17-25-75)83-67(109)49(33-117)88-66(108)47(31-54(98)99)85-69(111)51-23-19-27-93(51)72(114)48(30-52(77)96)87-58(100)37(7)76)70(112)86-46(29-35(4)5)65(107)82-43(20-14-16-24-74)63(105)80-39(9)60(102)84-45(28-34(2)3)62(104)78-32-53(97)92-26-18-22-50(92)68(110)81-38(8)59(101)79-40(10)61(103)91-57(42(12)95)73(115)116/h34-51,55-57,94-95,117H,13-33,74-76H2,1-12H3,(H2,77,96)(H,78,104)(H,79,101)(H,80,105)(H,81,110)(H,82,107)(H,83,109)(H,84,102)(H,85,111)(H,86,112)(H,87,100)(H,88,108)(H,89,113)(H,90,106)(H,91,103)(H,98,99)(H,115,116). The van der Waals surface area contributed by atoms with Gasteiger partial charge in [0.25, 0.3) is 0 Å². The first-order chi connectivity index (χ1) is 54.7. The molecule has 2 aliphatic heterocycles. The van der Waals surface area contributed by atoms with E-state index in [2.05, 4.69) is 87.1 Å². The molecule has 2 fully saturated rings. The third-order valence-corrected chi connectivity index (χ3v) is 19.8. The number of unbranched alkanes of at least 4 members (excludes halogenated alkanes) is 2. The molecule has 2 aliphatic rings.